The second-order valence-electron chi connectivity index (χ2n) is 5.45. The van der Waals surface area contributed by atoms with Crippen molar-refractivity contribution in [3.63, 3.8) is 0 Å². The summed E-state index contributed by atoms with van der Waals surface area (Å²) in [5, 5.41) is 11.5. The predicted molar refractivity (Wildman–Crippen MR) is 85.6 cm³/mol. The number of halogens is 2. The molecular weight excluding hydrogens is 340 g/mol. The Bertz CT molecular complexity index is 741. The SMILES string of the molecule is CC(C)(NC(=O)c1ccc(-c2ccc(OC(F)F)cc2)s1)C(=O)O. The molecule has 0 aliphatic heterocycles. The van der Waals surface area contributed by atoms with E-state index in [4.69, 9.17) is 5.11 Å². The van der Waals surface area contributed by atoms with Gasteiger partial charge >= 0.3 is 12.6 Å². The molecule has 2 rings (SSSR count). The Hall–Kier alpha value is -2.48. The molecule has 0 atom stereocenters. The van der Waals surface area contributed by atoms with Crippen LogP contribution in [-0.2, 0) is 4.79 Å². The van der Waals surface area contributed by atoms with Crippen molar-refractivity contribution >= 4 is 23.2 Å². The summed E-state index contributed by atoms with van der Waals surface area (Å²) in [4.78, 5) is 24.3. The van der Waals surface area contributed by atoms with Gasteiger partial charge < -0.3 is 15.2 Å². The van der Waals surface area contributed by atoms with Crippen molar-refractivity contribution in [2.24, 2.45) is 0 Å². The summed E-state index contributed by atoms with van der Waals surface area (Å²) in [7, 11) is 0. The summed E-state index contributed by atoms with van der Waals surface area (Å²) >= 11 is 1.17. The van der Waals surface area contributed by atoms with Crippen LogP contribution in [-0.4, -0.2) is 29.1 Å². The van der Waals surface area contributed by atoms with E-state index in [1.54, 1.807) is 24.3 Å². The highest BCUT2D eigenvalue weighted by Crippen LogP contribution is 2.30. The number of nitrogens with one attached hydrogen (secondary N) is 1. The van der Waals surface area contributed by atoms with E-state index in [2.05, 4.69) is 10.1 Å². The molecule has 0 saturated carbocycles. The largest absolute Gasteiger partial charge is 0.480 e. The van der Waals surface area contributed by atoms with Gasteiger partial charge in [-0.3, -0.25) is 4.79 Å². The van der Waals surface area contributed by atoms with E-state index in [1.807, 2.05) is 0 Å². The van der Waals surface area contributed by atoms with E-state index in [1.165, 1.54) is 37.3 Å². The fraction of sp³-hybridized carbons (Fsp3) is 0.250. The molecule has 0 aliphatic carbocycles. The first-order chi connectivity index (χ1) is 11.2. The molecule has 128 valence electrons. The maximum atomic E-state index is 12.1. The molecule has 2 N–H and O–H groups in total. The Kier molecular flexibility index (Phi) is 5.18. The third-order valence-corrected chi connectivity index (χ3v) is 4.29. The van der Waals surface area contributed by atoms with Crippen LogP contribution >= 0.6 is 11.3 Å². The van der Waals surface area contributed by atoms with Crippen molar-refractivity contribution in [3.8, 4) is 16.2 Å². The Balaban J connectivity index is 2.13. The molecule has 8 heteroatoms. The first-order valence-electron chi connectivity index (χ1n) is 6.90. The summed E-state index contributed by atoms with van der Waals surface area (Å²) in [6.07, 6.45) is 0. The molecule has 0 radical (unpaired) electrons. The van der Waals surface area contributed by atoms with Gasteiger partial charge in [0.15, 0.2) is 0 Å². The van der Waals surface area contributed by atoms with Crippen LogP contribution in [0.1, 0.15) is 23.5 Å². The van der Waals surface area contributed by atoms with Crippen molar-refractivity contribution < 1.29 is 28.2 Å². The number of carboxylic acids is 1. The van der Waals surface area contributed by atoms with Gasteiger partial charge in [0.25, 0.3) is 5.91 Å². The fourth-order valence-corrected chi connectivity index (χ4v) is 2.72. The van der Waals surface area contributed by atoms with Crippen molar-refractivity contribution in [1.82, 2.24) is 5.32 Å². The Morgan fingerprint density at radius 1 is 1.17 bits per heavy atom. The lowest BCUT2D eigenvalue weighted by Gasteiger charge is -2.20. The maximum Gasteiger partial charge on any atom is 0.387 e. The van der Waals surface area contributed by atoms with Crippen molar-refractivity contribution in [2.45, 2.75) is 26.0 Å². The van der Waals surface area contributed by atoms with E-state index >= 15 is 0 Å². The number of carboxylic acid groups (broad SMARTS) is 1. The van der Waals surface area contributed by atoms with Crippen molar-refractivity contribution in [2.75, 3.05) is 0 Å². The predicted octanol–water partition coefficient (Wildman–Crippen LogP) is 3.61. The molecule has 0 unspecified atom stereocenters. The highest BCUT2D eigenvalue weighted by atomic mass is 32.1. The third kappa shape index (κ3) is 4.29. The number of thiophene rings is 1. The molecule has 0 spiro atoms. The zero-order valence-electron chi connectivity index (χ0n) is 12.9. The Morgan fingerprint density at radius 2 is 1.79 bits per heavy atom. The molecular formula is C16H15F2NO4S. The van der Waals surface area contributed by atoms with Crippen molar-refractivity contribution in [3.05, 3.63) is 41.3 Å². The molecule has 1 aromatic carbocycles. The topological polar surface area (TPSA) is 75.6 Å². The molecule has 0 fully saturated rings. The number of hydrogen-bond acceptors (Lipinski definition) is 4. The number of alkyl halides is 2. The zero-order chi connectivity index (χ0) is 17.9. The van der Waals surface area contributed by atoms with Gasteiger partial charge in [0.1, 0.15) is 11.3 Å². The van der Waals surface area contributed by atoms with Crippen LogP contribution in [0, 0.1) is 0 Å². The monoisotopic (exact) mass is 355 g/mol. The Labute approximate surface area is 140 Å². The van der Waals surface area contributed by atoms with Gasteiger partial charge in [-0.1, -0.05) is 0 Å². The first kappa shape index (κ1) is 17.9. The first-order valence-corrected chi connectivity index (χ1v) is 7.71. The van der Waals surface area contributed by atoms with Gasteiger partial charge in [0.05, 0.1) is 4.88 Å². The molecule has 24 heavy (non-hydrogen) atoms. The van der Waals surface area contributed by atoms with E-state index < -0.39 is 24.0 Å². The highest BCUT2D eigenvalue weighted by molar-refractivity contribution is 7.17. The van der Waals surface area contributed by atoms with E-state index in [0.717, 1.165) is 10.4 Å². The van der Waals surface area contributed by atoms with Crippen LogP contribution < -0.4 is 10.1 Å². The number of hydrogen-bond donors (Lipinski definition) is 2. The molecule has 2 aromatic rings. The summed E-state index contributed by atoms with van der Waals surface area (Å²) in [5.41, 5.74) is -0.645. The second-order valence-corrected chi connectivity index (χ2v) is 6.53. The molecule has 1 amide bonds. The summed E-state index contributed by atoms with van der Waals surface area (Å²) in [6.45, 7) is -0.0991. The minimum absolute atomic E-state index is 0.0477. The smallest absolute Gasteiger partial charge is 0.387 e. The second kappa shape index (κ2) is 6.96. The number of ether oxygens (including phenoxy) is 1. The average Bonchev–Trinajstić information content (AvgIpc) is 2.96. The molecule has 0 saturated heterocycles. The van der Waals surface area contributed by atoms with Crippen LogP contribution in [0.2, 0.25) is 0 Å². The lowest BCUT2D eigenvalue weighted by molar-refractivity contribution is -0.143. The van der Waals surface area contributed by atoms with Gasteiger partial charge in [0, 0.05) is 4.88 Å². The summed E-state index contributed by atoms with van der Waals surface area (Å²) in [5.74, 6) is -1.58. The van der Waals surface area contributed by atoms with Crippen LogP contribution in [0.4, 0.5) is 8.78 Å². The number of amides is 1. The zero-order valence-corrected chi connectivity index (χ0v) is 13.7. The van der Waals surface area contributed by atoms with Crippen LogP contribution in [0.3, 0.4) is 0 Å². The third-order valence-electron chi connectivity index (χ3n) is 3.15. The molecule has 1 aromatic heterocycles. The maximum absolute atomic E-state index is 12.1. The minimum Gasteiger partial charge on any atom is -0.480 e. The van der Waals surface area contributed by atoms with Gasteiger partial charge in [-0.15, -0.1) is 11.3 Å². The lowest BCUT2D eigenvalue weighted by Crippen LogP contribution is -2.49. The van der Waals surface area contributed by atoms with E-state index in [9.17, 15) is 18.4 Å². The summed E-state index contributed by atoms with van der Waals surface area (Å²) in [6, 6.07) is 9.31. The van der Waals surface area contributed by atoms with Crippen LogP contribution in [0.15, 0.2) is 36.4 Å². The number of carbonyl (C=O) groups excluding carboxylic acids is 1. The van der Waals surface area contributed by atoms with Crippen LogP contribution in [0.5, 0.6) is 5.75 Å². The molecule has 5 nitrogen and oxygen atoms in total. The lowest BCUT2D eigenvalue weighted by atomic mass is 10.1. The average molecular weight is 355 g/mol. The molecule has 0 aliphatic rings. The number of aliphatic carboxylic acids is 1. The van der Waals surface area contributed by atoms with Crippen LogP contribution in [0.25, 0.3) is 10.4 Å². The van der Waals surface area contributed by atoms with Gasteiger partial charge in [-0.2, -0.15) is 8.78 Å². The van der Waals surface area contributed by atoms with Crippen molar-refractivity contribution in [1.29, 1.82) is 0 Å². The number of rotatable bonds is 6. The number of benzene rings is 1. The van der Waals surface area contributed by atoms with E-state index in [-0.39, 0.29) is 5.75 Å². The minimum atomic E-state index is -2.88. The number of carbonyl (C=O) groups is 2. The quantitative estimate of drug-likeness (QED) is 0.830. The molecule has 1 heterocycles. The Morgan fingerprint density at radius 3 is 2.33 bits per heavy atom. The fourth-order valence-electron chi connectivity index (χ4n) is 1.81. The van der Waals surface area contributed by atoms with E-state index in [0.29, 0.717) is 4.88 Å². The van der Waals surface area contributed by atoms with Gasteiger partial charge in [-0.25, -0.2) is 4.79 Å². The molecule has 0 bridgehead atoms. The standard InChI is InChI=1S/C16H15F2NO4S/c1-16(2,14(21)22)19-13(20)12-8-7-11(24-12)9-3-5-10(6-4-9)23-15(17)18/h3-8,15H,1-2H3,(H,19,20)(H,21,22). The normalized spacial score (nSPS) is 11.4. The van der Waals surface area contributed by atoms with Gasteiger partial charge in [0.2, 0.25) is 0 Å². The van der Waals surface area contributed by atoms with Gasteiger partial charge in [-0.05, 0) is 55.8 Å². The highest BCUT2D eigenvalue weighted by Gasteiger charge is 2.29. The summed E-state index contributed by atoms with van der Waals surface area (Å²) < 4.78 is 28.5.